The summed E-state index contributed by atoms with van der Waals surface area (Å²) >= 11 is 1.60. The van der Waals surface area contributed by atoms with Gasteiger partial charge < -0.3 is 4.90 Å². The molecule has 0 saturated carbocycles. The molecule has 2 heterocycles. The van der Waals surface area contributed by atoms with Crippen LogP contribution in [0.15, 0.2) is 42.5 Å². The summed E-state index contributed by atoms with van der Waals surface area (Å²) < 4.78 is 14.8. The van der Waals surface area contributed by atoms with Gasteiger partial charge >= 0.3 is 0 Å². The maximum absolute atomic E-state index is 13.7. The van der Waals surface area contributed by atoms with Crippen LogP contribution in [0, 0.1) is 15.9 Å². The van der Waals surface area contributed by atoms with Gasteiger partial charge in [-0.1, -0.05) is 12.1 Å². The molecule has 1 fully saturated rings. The Morgan fingerprint density at radius 1 is 1.29 bits per heavy atom. The Morgan fingerprint density at radius 2 is 2.12 bits per heavy atom. The van der Waals surface area contributed by atoms with E-state index in [9.17, 15) is 14.5 Å². The first-order chi connectivity index (χ1) is 11.6. The first-order valence-electron chi connectivity index (χ1n) is 7.69. The van der Waals surface area contributed by atoms with Crippen molar-refractivity contribution in [2.75, 3.05) is 11.4 Å². The number of fused-ring (bicyclic) bond motifs is 1. The molecule has 7 heteroatoms. The molecule has 0 radical (unpaired) electrons. The van der Waals surface area contributed by atoms with Gasteiger partial charge in [-0.05, 0) is 31.0 Å². The van der Waals surface area contributed by atoms with E-state index in [0.717, 1.165) is 34.1 Å². The van der Waals surface area contributed by atoms with Crippen molar-refractivity contribution < 1.29 is 9.31 Å². The molecule has 2 aromatic carbocycles. The topological polar surface area (TPSA) is 59.3 Å². The predicted octanol–water partition coefficient (Wildman–Crippen LogP) is 4.69. The van der Waals surface area contributed by atoms with Gasteiger partial charge in [-0.3, -0.25) is 10.1 Å². The second-order valence-corrected chi connectivity index (χ2v) is 6.82. The second-order valence-electron chi connectivity index (χ2n) is 5.76. The molecule has 24 heavy (non-hydrogen) atoms. The minimum atomic E-state index is -0.467. The van der Waals surface area contributed by atoms with E-state index in [1.807, 2.05) is 29.2 Å². The molecule has 1 aromatic heterocycles. The van der Waals surface area contributed by atoms with Gasteiger partial charge in [-0.2, -0.15) is 0 Å². The van der Waals surface area contributed by atoms with Crippen LogP contribution in [0.2, 0.25) is 0 Å². The van der Waals surface area contributed by atoms with Gasteiger partial charge in [-0.25, -0.2) is 9.37 Å². The summed E-state index contributed by atoms with van der Waals surface area (Å²) in [7, 11) is 0. The van der Waals surface area contributed by atoms with Crippen molar-refractivity contribution in [3.05, 3.63) is 63.4 Å². The SMILES string of the molecule is O=[N+]([O-])c1ccc(F)cc1N1CCCC1c1nc2ccccc2s1. The standard InChI is InChI=1S/C17H14FN3O2S/c18-11-7-8-13(21(22)23)15(10-11)20-9-3-5-14(20)17-19-12-4-1-2-6-16(12)24-17/h1-2,4,6-8,10,14H,3,5,9H2. The van der Waals surface area contributed by atoms with E-state index in [-0.39, 0.29) is 11.7 Å². The van der Waals surface area contributed by atoms with Crippen molar-refractivity contribution in [2.24, 2.45) is 0 Å². The highest BCUT2D eigenvalue weighted by atomic mass is 32.1. The van der Waals surface area contributed by atoms with Crippen LogP contribution in [0.5, 0.6) is 0 Å². The Balaban J connectivity index is 1.78. The van der Waals surface area contributed by atoms with E-state index >= 15 is 0 Å². The summed E-state index contributed by atoms with van der Waals surface area (Å²) in [5, 5.41) is 12.2. The van der Waals surface area contributed by atoms with Crippen LogP contribution in [-0.4, -0.2) is 16.5 Å². The van der Waals surface area contributed by atoms with E-state index in [2.05, 4.69) is 4.98 Å². The van der Waals surface area contributed by atoms with Gasteiger partial charge in [0.05, 0.1) is 21.2 Å². The normalized spacial score (nSPS) is 17.5. The van der Waals surface area contributed by atoms with Crippen LogP contribution in [0.4, 0.5) is 15.8 Å². The zero-order chi connectivity index (χ0) is 16.7. The van der Waals surface area contributed by atoms with E-state index in [0.29, 0.717) is 12.2 Å². The molecule has 3 aromatic rings. The maximum atomic E-state index is 13.7. The van der Waals surface area contributed by atoms with Gasteiger partial charge in [0.15, 0.2) is 0 Å². The number of nitro groups is 1. The third kappa shape index (κ3) is 2.50. The van der Waals surface area contributed by atoms with Crippen molar-refractivity contribution in [3.8, 4) is 0 Å². The lowest BCUT2D eigenvalue weighted by Crippen LogP contribution is -2.23. The highest BCUT2D eigenvalue weighted by molar-refractivity contribution is 7.18. The lowest BCUT2D eigenvalue weighted by molar-refractivity contribution is -0.384. The van der Waals surface area contributed by atoms with Gasteiger partial charge in [0, 0.05) is 18.7 Å². The molecule has 1 saturated heterocycles. The fraction of sp³-hybridized carbons (Fsp3) is 0.235. The smallest absolute Gasteiger partial charge is 0.292 e. The minimum absolute atomic E-state index is 0.0529. The third-order valence-electron chi connectivity index (χ3n) is 4.29. The first-order valence-corrected chi connectivity index (χ1v) is 8.51. The molecular weight excluding hydrogens is 329 g/mol. The van der Waals surface area contributed by atoms with Gasteiger partial charge in [-0.15, -0.1) is 11.3 Å². The summed E-state index contributed by atoms with van der Waals surface area (Å²) in [5.74, 6) is -0.467. The number of halogens is 1. The number of anilines is 1. The highest BCUT2D eigenvalue weighted by Crippen LogP contribution is 2.42. The largest absolute Gasteiger partial charge is 0.356 e. The van der Waals surface area contributed by atoms with E-state index in [1.54, 1.807) is 11.3 Å². The van der Waals surface area contributed by atoms with Crippen LogP contribution < -0.4 is 4.90 Å². The molecule has 1 aliphatic rings. The molecule has 1 unspecified atom stereocenters. The third-order valence-corrected chi connectivity index (χ3v) is 5.43. The number of hydrogen-bond acceptors (Lipinski definition) is 5. The fourth-order valence-electron chi connectivity index (χ4n) is 3.23. The number of para-hydroxylation sites is 1. The number of nitrogens with zero attached hydrogens (tertiary/aromatic N) is 3. The number of nitro benzene ring substituents is 1. The Kier molecular flexibility index (Phi) is 3.65. The second kappa shape index (κ2) is 5.83. The Labute approximate surface area is 141 Å². The molecule has 1 aliphatic heterocycles. The quantitative estimate of drug-likeness (QED) is 0.511. The summed E-state index contributed by atoms with van der Waals surface area (Å²) in [4.78, 5) is 17.5. The van der Waals surface area contributed by atoms with Crippen LogP contribution in [-0.2, 0) is 0 Å². The monoisotopic (exact) mass is 343 g/mol. The zero-order valence-electron chi connectivity index (χ0n) is 12.7. The zero-order valence-corrected chi connectivity index (χ0v) is 13.5. The van der Waals surface area contributed by atoms with Crippen LogP contribution in [0.3, 0.4) is 0 Å². The van der Waals surface area contributed by atoms with Gasteiger partial charge in [0.1, 0.15) is 16.5 Å². The Hall–Kier alpha value is -2.54. The van der Waals surface area contributed by atoms with Crippen molar-refractivity contribution in [1.29, 1.82) is 0 Å². The molecule has 4 rings (SSSR count). The Bertz CT molecular complexity index is 894. The van der Waals surface area contributed by atoms with Crippen LogP contribution in [0.25, 0.3) is 10.2 Å². The first kappa shape index (κ1) is 15.0. The molecule has 0 bridgehead atoms. The van der Waals surface area contributed by atoms with E-state index in [1.165, 1.54) is 12.1 Å². The van der Waals surface area contributed by atoms with Gasteiger partial charge in [0.25, 0.3) is 5.69 Å². The molecular formula is C17H14FN3O2S. The summed E-state index contributed by atoms with van der Waals surface area (Å²) in [6.45, 7) is 0.658. The molecule has 0 amide bonds. The molecule has 0 aliphatic carbocycles. The summed E-state index contributed by atoms with van der Waals surface area (Å²) in [6.07, 6.45) is 1.75. The summed E-state index contributed by atoms with van der Waals surface area (Å²) in [5.41, 5.74) is 1.20. The van der Waals surface area contributed by atoms with Crippen LogP contribution >= 0.6 is 11.3 Å². The fourth-order valence-corrected chi connectivity index (χ4v) is 4.34. The number of benzene rings is 2. The van der Waals surface area contributed by atoms with Crippen LogP contribution in [0.1, 0.15) is 23.9 Å². The van der Waals surface area contributed by atoms with E-state index < -0.39 is 10.7 Å². The van der Waals surface area contributed by atoms with Crippen molar-refractivity contribution in [3.63, 3.8) is 0 Å². The average molecular weight is 343 g/mol. The molecule has 0 spiro atoms. The number of aromatic nitrogens is 1. The van der Waals surface area contributed by atoms with Crippen molar-refractivity contribution >= 4 is 32.9 Å². The number of hydrogen-bond donors (Lipinski definition) is 0. The lowest BCUT2D eigenvalue weighted by atomic mass is 10.2. The molecule has 1 atom stereocenters. The van der Waals surface area contributed by atoms with Crippen molar-refractivity contribution in [1.82, 2.24) is 4.98 Å². The van der Waals surface area contributed by atoms with E-state index in [4.69, 9.17) is 0 Å². The molecule has 122 valence electrons. The maximum Gasteiger partial charge on any atom is 0.292 e. The highest BCUT2D eigenvalue weighted by Gasteiger charge is 2.33. The summed E-state index contributed by atoms with van der Waals surface area (Å²) in [6, 6.07) is 11.4. The molecule has 0 N–H and O–H groups in total. The Morgan fingerprint density at radius 3 is 2.92 bits per heavy atom. The lowest BCUT2D eigenvalue weighted by Gasteiger charge is -2.24. The molecule has 5 nitrogen and oxygen atoms in total. The van der Waals surface area contributed by atoms with Gasteiger partial charge in [0.2, 0.25) is 0 Å². The van der Waals surface area contributed by atoms with Crippen molar-refractivity contribution in [2.45, 2.75) is 18.9 Å². The predicted molar refractivity (Wildman–Crippen MR) is 92.0 cm³/mol. The number of rotatable bonds is 3. The number of thiazole rings is 1. The minimum Gasteiger partial charge on any atom is -0.356 e. The average Bonchev–Trinajstić information content (AvgIpc) is 3.20.